The molecule has 0 fully saturated rings. The summed E-state index contributed by atoms with van der Waals surface area (Å²) >= 11 is 11.6. The molecule has 14 heteroatoms. The van der Waals surface area contributed by atoms with Gasteiger partial charge in [-0.15, -0.1) is 11.6 Å². The molecule has 0 N–H and O–H groups in total. The van der Waals surface area contributed by atoms with Crippen LogP contribution in [0.2, 0.25) is 5.02 Å². The maximum atomic E-state index is 12.9. The van der Waals surface area contributed by atoms with Crippen molar-refractivity contribution < 1.29 is 32.2 Å². The van der Waals surface area contributed by atoms with Gasteiger partial charge in [0.1, 0.15) is 18.3 Å². The molecule has 0 spiro atoms. The molecule has 240 valence electrons. The molecule has 1 amide bonds. The molecule has 0 bridgehead atoms. The van der Waals surface area contributed by atoms with Gasteiger partial charge in [-0.2, -0.15) is 13.2 Å². The van der Waals surface area contributed by atoms with Crippen molar-refractivity contribution in [1.29, 1.82) is 0 Å². The quantitative estimate of drug-likeness (QED) is 0.161. The maximum Gasteiger partial charge on any atom is 0.431 e. The summed E-state index contributed by atoms with van der Waals surface area (Å²) < 4.78 is 49.9. The van der Waals surface area contributed by atoms with E-state index in [9.17, 15) is 32.3 Å². The molecule has 0 aliphatic carbocycles. The summed E-state index contributed by atoms with van der Waals surface area (Å²) in [4.78, 5) is 50.0. The van der Waals surface area contributed by atoms with Gasteiger partial charge in [0, 0.05) is 19.7 Å². The zero-order valence-corrected chi connectivity index (χ0v) is 26.6. The number of amides is 1. The first-order valence-corrected chi connectivity index (χ1v) is 14.4. The number of halogens is 5. The van der Waals surface area contributed by atoms with Gasteiger partial charge in [0.25, 0.3) is 5.56 Å². The van der Waals surface area contributed by atoms with Gasteiger partial charge in [0.05, 0.1) is 28.1 Å². The standard InChI is InChI=1S/C16H14ClF3N2O4.C14H20ClNO2/c1-8(2)26-14(24)10-6-9(4-5-11(10)17)22-13(23)7-12(16(18,19)20)21(3)15(22)25;1-4-12-8-6-7-11(3)14(12)16(10-18-5-2)13(17)9-15/h4-8H,1-3H3;6-8H,4-5,9-10H2,1-3H3. The third kappa shape index (κ3) is 8.96. The minimum Gasteiger partial charge on any atom is -0.459 e. The number of carbonyl (C=O) groups is 2. The largest absolute Gasteiger partial charge is 0.459 e. The summed E-state index contributed by atoms with van der Waals surface area (Å²) in [6.45, 7) is 10.0. The fourth-order valence-corrected chi connectivity index (χ4v) is 4.47. The van der Waals surface area contributed by atoms with Crippen LogP contribution in [0.1, 0.15) is 54.9 Å². The average Bonchev–Trinajstić information content (AvgIpc) is 2.95. The van der Waals surface area contributed by atoms with Gasteiger partial charge in [-0.3, -0.25) is 19.1 Å². The van der Waals surface area contributed by atoms with Crippen LogP contribution >= 0.6 is 23.2 Å². The maximum absolute atomic E-state index is 12.9. The summed E-state index contributed by atoms with van der Waals surface area (Å²) in [7, 11) is 0.894. The van der Waals surface area contributed by atoms with E-state index in [1.54, 1.807) is 18.7 Å². The Morgan fingerprint density at radius 2 is 1.73 bits per heavy atom. The number of aromatic nitrogens is 2. The SMILES string of the molecule is CC(C)OC(=O)c1cc(-n2c(=O)cc(C(F)(F)F)n(C)c2=O)ccc1Cl.CCOCN(C(=O)CCl)c1c(C)cccc1CC. The highest BCUT2D eigenvalue weighted by atomic mass is 35.5. The molecule has 0 saturated carbocycles. The number of para-hydroxylation sites is 1. The van der Waals surface area contributed by atoms with Gasteiger partial charge in [-0.1, -0.05) is 36.7 Å². The van der Waals surface area contributed by atoms with Crippen LogP contribution in [0.3, 0.4) is 0 Å². The molecule has 3 aromatic rings. The lowest BCUT2D eigenvalue weighted by Crippen LogP contribution is -2.40. The third-order valence-corrected chi connectivity index (χ3v) is 6.75. The molecule has 44 heavy (non-hydrogen) atoms. The fraction of sp³-hybridized carbons (Fsp3) is 0.400. The smallest absolute Gasteiger partial charge is 0.431 e. The molecule has 1 aromatic heterocycles. The van der Waals surface area contributed by atoms with Crippen molar-refractivity contribution in [3.05, 3.63) is 90.7 Å². The topological polar surface area (TPSA) is 99.8 Å². The summed E-state index contributed by atoms with van der Waals surface area (Å²) in [6, 6.07) is 9.94. The second-order valence-electron chi connectivity index (χ2n) is 9.67. The first-order chi connectivity index (χ1) is 20.6. The number of esters is 1. The highest BCUT2D eigenvalue weighted by Gasteiger charge is 2.35. The third-order valence-electron chi connectivity index (χ3n) is 6.19. The lowest BCUT2D eigenvalue weighted by Gasteiger charge is -2.25. The van der Waals surface area contributed by atoms with E-state index in [0.717, 1.165) is 36.3 Å². The van der Waals surface area contributed by atoms with Crippen LogP contribution in [0, 0.1) is 6.92 Å². The number of nitrogens with zero attached hydrogens (tertiary/aromatic N) is 3. The highest BCUT2D eigenvalue weighted by molar-refractivity contribution is 6.33. The molecular weight excluding hydrogens is 626 g/mol. The Labute approximate surface area is 262 Å². The molecule has 2 aromatic carbocycles. The Balaban J connectivity index is 0.000000329. The van der Waals surface area contributed by atoms with Crippen molar-refractivity contribution in [2.75, 3.05) is 24.1 Å². The van der Waals surface area contributed by atoms with E-state index in [-0.39, 0.29) is 34.8 Å². The van der Waals surface area contributed by atoms with Gasteiger partial charge >= 0.3 is 17.8 Å². The van der Waals surface area contributed by atoms with E-state index >= 15 is 0 Å². The normalized spacial score (nSPS) is 11.2. The predicted molar refractivity (Wildman–Crippen MR) is 163 cm³/mol. The lowest BCUT2D eigenvalue weighted by molar-refractivity contribution is -0.144. The Morgan fingerprint density at radius 3 is 2.27 bits per heavy atom. The predicted octanol–water partition coefficient (Wildman–Crippen LogP) is 5.90. The van der Waals surface area contributed by atoms with Crippen molar-refractivity contribution in [1.82, 2.24) is 9.13 Å². The Bertz CT molecular complexity index is 1600. The Hall–Kier alpha value is -3.61. The van der Waals surface area contributed by atoms with E-state index in [0.29, 0.717) is 21.8 Å². The molecule has 3 rings (SSSR count). The van der Waals surface area contributed by atoms with Crippen LogP contribution in [0.25, 0.3) is 5.69 Å². The van der Waals surface area contributed by atoms with E-state index in [1.807, 2.05) is 32.0 Å². The number of alkyl halides is 4. The van der Waals surface area contributed by atoms with Gasteiger partial charge in [0.15, 0.2) is 0 Å². The van der Waals surface area contributed by atoms with Gasteiger partial charge < -0.3 is 9.47 Å². The average molecular weight is 661 g/mol. The molecular formula is C30H34Cl2F3N3O6. The Kier molecular flexibility index (Phi) is 13.2. The van der Waals surface area contributed by atoms with Crippen LogP contribution in [-0.2, 0) is 33.9 Å². The van der Waals surface area contributed by atoms with Crippen LogP contribution in [-0.4, -0.2) is 46.3 Å². The number of hydrogen-bond acceptors (Lipinski definition) is 6. The van der Waals surface area contributed by atoms with E-state index in [4.69, 9.17) is 32.7 Å². The number of benzene rings is 2. The number of hydrogen-bond donors (Lipinski definition) is 0. The number of aryl methyl sites for hydroxylation is 2. The summed E-state index contributed by atoms with van der Waals surface area (Å²) in [5, 5.41) is 0.0104. The Morgan fingerprint density at radius 1 is 1.07 bits per heavy atom. The highest BCUT2D eigenvalue weighted by Crippen LogP contribution is 2.28. The van der Waals surface area contributed by atoms with Gasteiger partial charge in [0.2, 0.25) is 5.91 Å². The minimum atomic E-state index is -4.86. The molecule has 0 unspecified atom stereocenters. The van der Waals surface area contributed by atoms with Gasteiger partial charge in [-0.25, -0.2) is 14.2 Å². The molecule has 0 aliphatic heterocycles. The summed E-state index contributed by atoms with van der Waals surface area (Å²) in [5.41, 5.74) is -0.880. The van der Waals surface area contributed by atoms with Crippen LogP contribution in [0.5, 0.6) is 0 Å². The summed E-state index contributed by atoms with van der Waals surface area (Å²) in [5.74, 6) is -0.956. The molecule has 0 saturated heterocycles. The van der Waals surface area contributed by atoms with Crippen LogP contribution in [0.4, 0.5) is 18.9 Å². The first-order valence-electron chi connectivity index (χ1n) is 13.5. The summed E-state index contributed by atoms with van der Waals surface area (Å²) in [6.07, 6.45) is -4.43. The van der Waals surface area contributed by atoms with Gasteiger partial charge in [-0.05, 0) is 63.4 Å². The van der Waals surface area contributed by atoms with Crippen LogP contribution < -0.4 is 16.1 Å². The number of rotatable bonds is 9. The second-order valence-corrected chi connectivity index (χ2v) is 10.3. The molecule has 0 aliphatic rings. The number of anilines is 1. The van der Waals surface area contributed by atoms with E-state index in [2.05, 4.69) is 6.92 Å². The molecule has 0 radical (unpaired) electrons. The lowest BCUT2D eigenvalue weighted by atomic mass is 10.0. The van der Waals surface area contributed by atoms with Crippen molar-refractivity contribution in [2.45, 2.75) is 53.3 Å². The minimum absolute atomic E-state index is 0.0104. The second kappa shape index (κ2) is 15.9. The first kappa shape index (κ1) is 36.6. The number of carbonyl (C=O) groups excluding carboxylic acids is 2. The van der Waals surface area contributed by atoms with Crippen molar-refractivity contribution in [3.63, 3.8) is 0 Å². The monoisotopic (exact) mass is 659 g/mol. The van der Waals surface area contributed by atoms with Crippen molar-refractivity contribution in [2.24, 2.45) is 7.05 Å². The molecule has 0 atom stereocenters. The van der Waals surface area contributed by atoms with E-state index in [1.165, 1.54) is 12.1 Å². The molecule has 1 heterocycles. The zero-order chi connectivity index (χ0) is 33.4. The van der Waals surface area contributed by atoms with Crippen LogP contribution in [0.15, 0.2) is 52.1 Å². The number of ether oxygens (including phenoxy) is 2. The molecule has 9 nitrogen and oxygen atoms in total. The van der Waals surface area contributed by atoms with E-state index < -0.39 is 35.2 Å². The van der Waals surface area contributed by atoms with Crippen molar-refractivity contribution in [3.8, 4) is 5.69 Å². The fourth-order valence-electron chi connectivity index (χ4n) is 4.13. The zero-order valence-electron chi connectivity index (χ0n) is 25.1. The van der Waals surface area contributed by atoms with Crippen molar-refractivity contribution >= 4 is 40.8 Å².